The molecule has 1 spiro atoms. The van der Waals surface area contributed by atoms with Crippen molar-refractivity contribution in [2.75, 3.05) is 44.2 Å². The Morgan fingerprint density at radius 2 is 1.52 bits per heavy atom. The summed E-state index contributed by atoms with van der Waals surface area (Å²) in [5, 5.41) is 0. The third kappa shape index (κ3) is 4.47. The van der Waals surface area contributed by atoms with Crippen molar-refractivity contribution in [1.29, 1.82) is 0 Å². The van der Waals surface area contributed by atoms with Crippen LogP contribution >= 0.6 is 0 Å². The molecule has 0 aromatic heterocycles. The van der Waals surface area contributed by atoms with Crippen LogP contribution in [0.15, 0.2) is 30.3 Å². The maximum absolute atomic E-state index is 13.2. The summed E-state index contributed by atoms with van der Waals surface area (Å²) >= 11 is 0. The van der Waals surface area contributed by atoms with Crippen molar-refractivity contribution in [3.8, 4) is 0 Å². The smallest absolute Gasteiger partial charge is 0.226 e. The number of hydrogen-bond donors (Lipinski definition) is 0. The van der Waals surface area contributed by atoms with Crippen LogP contribution in [0.3, 0.4) is 0 Å². The minimum Gasteiger partial charge on any atom is -0.368 e. The molecule has 0 unspecified atom stereocenters. The molecule has 2 amide bonds. The van der Waals surface area contributed by atoms with Crippen molar-refractivity contribution in [3.63, 3.8) is 0 Å². The molecular weight excluding hydrogens is 386 g/mol. The molecule has 5 nitrogen and oxygen atoms in total. The van der Waals surface area contributed by atoms with Gasteiger partial charge in [0.2, 0.25) is 11.8 Å². The van der Waals surface area contributed by atoms with Crippen LogP contribution in [0.1, 0.15) is 57.8 Å². The van der Waals surface area contributed by atoms with Crippen LogP contribution in [0.25, 0.3) is 0 Å². The molecule has 0 bridgehead atoms. The molecule has 1 aromatic rings. The molecule has 4 fully saturated rings. The van der Waals surface area contributed by atoms with Crippen LogP contribution in [-0.2, 0) is 9.59 Å². The first kappa shape index (κ1) is 20.8. The van der Waals surface area contributed by atoms with E-state index in [4.69, 9.17) is 0 Å². The largest absolute Gasteiger partial charge is 0.368 e. The molecule has 1 aromatic carbocycles. The van der Waals surface area contributed by atoms with Crippen molar-refractivity contribution in [2.24, 2.45) is 17.3 Å². The Morgan fingerprint density at radius 1 is 0.839 bits per heavy atom. The van der Waals surface area contributed by atoms with Gasteiger partial charge in [0.1, 0.15) is 0 Å². The third-order valence-corrected chi connectivity index (χ3v) is 8.50. The van der Waals surface area contributed by atoms with E-state index in [-0.39, 0.29) is 11.3 Å². The monoisotopic (exact) mass is 423 g/mol. The van der Waals surface area contributed by atoms with E-state index in [1.807, 2.05) is 6.07 Å². The minimum atomic E-state index is 0.190. The van der Waals surface area contributed by atoms with Crippen molar-refractivity contribution in [2.45, 2.75) is 57.8 Å². The van der Waals surface area contributed by atoms with Crippen molar-refractivity contribution in [1.82, 2.24) is 9.80 Å². The summed E-state index contributed by atoms with van der Waals surface area (Å²) in [6.45, 7) is 5.20. The topological polar surface area (TPSA) is 43.9 Å². The Kier molecular flexibility index (Phi) is 5.94. The van der Waals surface area contributed by atoms with Crippen LogP contribution in [0.2, 0.25) is 0 Å². The molecule has 2 aliphatic carbocycles. The predicted octanol–water partition coefficient (Wildman–Crippen LogP) is 3.93. The number of nitrogens with zero attached hydrogens (tertiary/aromatic N) is 3. The van der Waals surface area contributed by atoms with Crippen LogP contribution < -0.4 is 4.90 Å². The maximum atomic E-state index is 13.2. The number of rotatable bonds is 4. The van der Waals surface area contributed by atoms with E-state index in [0.29, 0.717) is 17.7 Å². The fraction of sp³-hybridized carbons (Fsp3) is 0.692. The highest BCUT2D eigenvalue weighted by atomic mass is 16.2. The fourth-order valence-electron chi connectivity index (χ4n) is 6.26. The van der Waals surface area contributed by atoms with Gasteiger partial charge in [-0.15, -0.1) is 0 Å². The molecule has 2 saturated carbocycles. The summed E-state index contributed by atoms with van der Waals surface area (Å²) in [6.07, 6.45) is 10.2. The second-order valence-corrected chi connectivity index (χ2v) is 10.4. The molecular formula is C26H37N3O2. The number of piperidine rings is 1. The number of likely N-dealkylation sites (tertiary alicyclic amines) is 1. The molecule has 0 radical (unpaired) electrons. The second-order valence-electron chi connectivity index (χ2n) is 10.4. The molecule has 31 heavy (non-hydrogen) atoms. The highest BCUT2D eigenvalue weighted by Crippen LogP contribution is 2.60. The average Bonchev–Trinajstić information content (AvgIpc) is 3.53. The quantitative estimate of drug-likeness (QED) is 0.737. The third-order valence-electron chi connectivity index (χ3n) is 8.50. The number of piperazine rings is 1. The van der Waals surface area contributed by atoms with Gasteiger partial charge in [0.05, 0.1) is 0 Å². The van der Waals surface area contributed by atoms with Gasteiger partial charge < -0.3 is 14.7 Å². The van der Waals surface area contributed by atoms with E-state index in [2.05, 4.69) is 39.0 Å². The fourth-order valence-corrected chi connectivity index (χ4v) is 6.26. The summed E-state index contributed by atoms with van der Waals surface area (Å²) in [5.74, 6) is 1.55. The molecule has 2 heterocycles. The molecule has 2 saturated heterocycles. The predicted molar refractivity (Wildman–Crippen MR) is 123 cm³/mol. The Hall–Kier alpha value is -2.04. The summed E-state index contributed by atoms with van der Waals surface area (Å²) in [7, 11) is 0. The average molecular weight is 424 g/mol. The summed E-state index contributed by atoms with van der Waals surface area (Å²) in [5.41, 5.74) is 1.44. The highest BCUT2D eigenvalue weighted by molar-refractivity contribution is 5.83. The van der Waals surface area contributed by atoms with Gasteiger partial charge >= 0.3 is 0 Å². The lowest BCUT2D eigenvalue weighted by Crippen LogP contribution is -2.50. The number of carbonyl (C=O) groups is 2. The number of amides is 2. The SMILES string of the molecule is O=C(CC1CCCCC1)N1CCC2(CC1)C[C@H]2C(=O)N1CCN(c2ccccc2)CC1. The number of carbonyl (C=O) groups excluding carboxylic acids is 2. The first-order valence-electron chi connectivity index (χ1n) is 12.5. The molecule has 1 atom stereocenters. The molecule has 0 N–H and O–H groups in total. The Bertz CT molecular complexity index is 773. The highest BCUT2D eigenvalue weighted by Gasteiger charge is 2.59. The summed E-state index contributed by atoms with van der Waals surface area (Å²) in [4.78, 5) is 32.5. The zero-order valence-electron chi connectivity index (χ0n) is 18.8. The zero-order chi connectivity index (χ0) is 21.3. The Balaban J connectivity index is 1.08. The van der Waals surface area contributed by atoms with Gasteiger partial charge in [-0.3, -0.25) is 9.59 Å². The van der Waals surface area contributed by atoms with Gasteiger partial charge in [-0.2, -0.15) is 0 Å². The molecule has 2 aliphatic heterocycles. The first-order valence-corrected chi connectivity index (χ1v) is 12.5. The van der Waals surface area contributed by atoms with Gasteiger partial charge in [-0.05, 0) is 55.6 Å². The molecule has 4 aliphatic rings. The Labute approximate surface area is 186 Å². The van der Waals surface area contributed by atoms with E-state index in [1.54, 1.807) is 0 Å². The summed E-state index contributed by atoms with van der Waals surface area (Å²) in [6, 6.07) is 10.5. The van der Waals surface area contributed by atoms with Crippen LogP contribution in [0, 0.1) is 17.3 Å². The number of hydrogen-bond acceptors (Lipinski definition) is 3. The van der Waals surface area contributed by atoms with E-state index in [0.717, 1.165) is 65.0 Å². The van der Waals surface area contributed by atoms with Crippen molar-refractivity contribution >= 4 is 17.5 Å². The van der Waals surface area contributed by atoms with Crippen LogP contribution in [-0.4, -0.2) is 60.9 Å². The molecule has 5 rings (SSSR count). The van der Waals surface area contributed by atoms with Crippen molar-refractivity contribution in [3.05, 3.63) is 30.3 Å². The van der Waals surface area contributed by atoms with E-state index in [1.165, 1.54) is 37.8 Å². The van der Waals surface area contributed by atoms with Crippen LogP contribution in [0.4, 0.5) is 5.69 Å². The van der Waals surface area contributed by atoms with E-state index in [9.17, 15) is 9.59 Å². The maximum Gasteiger partial charge on any atom is 0.226 e. The molecule has 168 valence electrons. The first-order chi connectivity index (χ1) is 15.1. The number of benzene rings is 1. The number of anilines is 1. The van der Waals surface area contributed by atoms with Gasteiger partial charge in [0.15, 0.2) is 0 Å². The lowest BCUT2D eigenvalue weighted by Gasteiger charge is -2.37. The van der Waals surface area contributed by atoms with Gasteiger partial charge in [-0.25, -0.2) is 0 Å². The number of para-hydroxylation sites is 1. The van der Waals surface area contributed by atoms with Gasteiger partial charge in [0, 0.05) is 57.3 Å². The lowest BCUT2D eigenvalue weighted by molar-refractivity contribution is -0.135. The van der Waals surface area contributed by atoms with Crippen molar-refractivity contribution < 1.29 is 9.59 Å². The lowest BCUT2D eigenvalue weighted by atomic mass is 9.86. The van der Waals surface area contributed by atoms with E-state index < -0.39 is 0 Å². The minimum absolute atomic E-state index is 0.190. The standard InChI is InChI=1S/C26H37N3O2/c30-24(19-21-7-3-1-4-8-21)28-13-11-26(12-14-28)20-23(26)25(31)29-17-15-27(16-18-29)22-9-5-2-6-10-22/h2,5-6,9-10,21,23H,1,3-4,7-8,11-20H2/t23-/m0/s1. The van der Waals surface area contributed by atoms with Crippen LogP contribution in [0.5, 0.6) is 0 Å². The van der Waals surface area contributed by atoms with Gasteiger partial charge in [-0.1, -0.05) is 37.5 Å². The summed E-state index contributed by atoms with van der Waals surface area (Å²) < 4.78 is 0. The normalized spacial score (nSPS) is 26.2. The van der Waals surface area contributed by atoms with E-state index >= 15 is 0 Å². The second kappa shape index (κ2) is 8.84. The van der Waals surface area contributed by atoms with Gasteiger partial charge in [0.25, 0.3) is 0 Å². The molecule has 5 heteroatoms. The zero-order valence-corrected chi connectivity index (χ0v) is 18.8. The Morgan fingerprint density at radius 3 is 2.19 bits per heavy atom.